The van der Waals surface area contributed by atoms with Crippen LogP contribution >= 0.6 is 11.8 Å². The largest absolute Gasteiger partial charge is 0.328 e. The summed E-state index contributed by atoms with van der Waals surface area (Å²) in [4.78, 5) is 2.57. The molecule has 1 saturated heterocycles. The molecule has 0 aromatic heterocycles. The van der Waals surface area contributed by atoms with Gasteiger partial charge in [0.1, 0.15) is 0 Å². The first-order valence-corrected chi connectivity index (χ1v) is 7.29. The van der Waals surface area contributed by atoms with Crippen molar-refractivity contribution in [1.82, 2.24) is 10.2 Å². The van der Waals surface area contributed by atoms with Gasteiger partial charge in [-0.25, -0.2) is 0 Å². The van der Waals surface area contributed by atoms with Crippen LogP contribution in [0.25, 0.3) is 0 Å². The van der Waals surface area contributed by atoms with Crippen LogP contribution in [0.3, 0.4) is 0 Å². The smallest absolute Gasteiger partial charge is 0.0108 e. The van der Waals surface area contributed by atoms with E-state index in [1.807, 2.05) is 0 Å². The lowest BCUT2D eigenvalue weighted by molar-refractivity contribution is 0.295. The van der Waals surface area contributed by atoms with Crippen molar-refractivity contribution >= 4 is 11.8 Å². The number of nitrogens with one attached hydrogen (secondary N) is 1. The van der Waals surface area contributed by atoms with Gasteiger partial charge in [0.15, 0.2) is 0 Å². The summed E-state index contributed by atoms with van der Waals surface area (Å²) in [5.74, 6) is 2.63. The molecule has 0 aromatic rings. The summed E-state index contributed by atoms with van der Waals surface area (Å²) in [7, 11) is 0. The molecule has 1 aliphatic carbocycles. The highest BCUT2D eigenvalue weighted by molar-refractivity contribution is 7.99. The molecule has 3 N–H and O–H groups in total. The van der Waals surface area contributed by atoms with E-state index in [2.05, 4.69) is 22.0 Å². The third kappa shape index (κ3) is 3.94. The Labute approximate surface area is 97.1 Å². The van der Waals surface area contributed by atoms with Crippen molar-refractivity contribution in [3.8, 4) is 0 Å². The average molecular weight is 229 g/mol. The van der Waals surface area contributed by atoms with Gasteiger partial charge >= 0.3 is 0 Å². The molecule has 88 valence electrons. The molecule has 1 saturated carbocycles. The number of thioether (sulfide) groups is 1. The van der Waals surface area contributed by atoms with Crippen molar-refractivity contribution in [1.29, 1.82) is 0 Å². The lowest BCUT2D eigenvalue weighted by atomic mass is 10.2. The molecule has 1 aliphatic heterocycles. The van der Waals surface area contributed by atoms with Gasteiger partial charge in [-0.15, -0.1) is 0 Å². The zero-order chi connectivity index (χ0) is 10.5. The highest BCUT2D eigenvalue weighted by Gasteiger charge is 2.21. The van der Waals surface area contributed by atoms with Gasteiger partial charge in [0.05, 0.1) is 0 Å². The van der Waals surface area contributed by atoms with Gasteiger partial charge < -0.3 is 16.0 Å². The van der Waals surface area contributed by atoms with Crippen LogP contribution in [0.15, 0.2) is 0 Å². The molecule has 0 aromatic carbocycles. The molecule has 1 heterocycles. The Morgan fingerprint density at radius 1 is 1.27 bits per heavy atom. The van der Waals surface area contributed by atoms with Crippen molar-refractivity contribution in [2.24, 2.45) is 5.73 Å². The normalized spacial score (nSPS) is 33.4. The Morgan fingerprint density at radius 3 is 2.73 bits per heavy atom. The first-order valence-electron chi connectivity index (χ1n) is 6.13. The zero-order valence-corrected chi connectivity index (χ0v) is 10.3. The monoisotopic (exact) mass is 229 g/mol. The van der Waals surface area contributed by atoms with Crippen LogP contribution in [0, 0.1) is 0 Å². The van der Waals surface area contributed by atoms with E-state index in [0.29, 0.717) is 12.1 Å². The number of rotatable bonds is 4. The quantitative estimate of drug-likeness (QED) is 0.737. The minimum atomic E-state index is 0.453. The summed E-state index contributed by atoms with van der Waals surface area (Å²) in [6, 6.07) is 1.15. The van der Waals surface area contributed by atoms with E-state index in [9.17, 15) is 0 Å². The second-order valence-electron chi connectivity index (χ2n) is 4.68. The summed E-state index contributed by atoms with van der Waals surface area (Å²) < 4.78 is 0. The van der Waals surface area contributed by atoms with Crippen LogP contribution in [-0.4, -0.2) is 54.7 Å². The summed E-state index contributed by atoms with van der Waals surface area (Å²) in [5.41, 5.74) is 5.89. The minimum Gasteiger partial charge on any atom is -0.328 e. The van der Waals surface area contributed by atoms with Gasteiger partial charge in [0, 0.05) is 49.8 Å². The van der Waals surface area contributed by atoms with Crippen LogP contribution in [-0.2, 0) is 0 Å². The van der Waals surface area contributed by atoms with Gasteiger partial charge in [-0.2, -0.15) is 11.8 Å². The van der Waals surface area contributed by atoms with E-state index < -0.39 is 0 Å². The third-order valence-electron chi connectivity index (χ3n) is 3.44. The fraction of sp³-hybridized carbons (Fsp3) is 1.00. The standard InChI is InChI=1S/C11H23N3S/c12-10-1-2-11(9-10)13-3-4-14-5-7-15-8-6-14/h10-11,13H,1-9,12H2. The van der Waals surface area contributed by atoms with Crippen molar-refractivity contribution in [3.63, 3.8) is 0 Å². The summed E-state index contributed by atoms with van der Waals surface area (Å²) in [6.07, 6.45) is 3.66. The minimum absolute atomic E-state index is 0.453. The van der Waals surface area contributed by atoms with Gasteiger partial charge in [0.2, 0.25) is 0 Å². The maximum atomic E-state index is 5.89. The second-order valence-corrected chi connectivity index (χ2v) is 5.90. The second kappa shape index (κ2) is 6.09. The lowest BCUT2D eigenvalue weighted by Crippen LogP contribution is -2.40. The van der Waals surface area contributed by atoms with Crippen molar-refractivity contribution in [2.45, 2.75) is 31.3 Å². The molecule has 0 spiro atoms. The van der Waals surface area contributed by atoms with E-state index >= 15 is 0 Å². The number of nitrogens with zero attached hydrogens (tertiary/aromatic N) is 1. The van der Waals surface area contributed by atoms with E-state index in [1.165, 1.54) is 50.4 Å². The molecule has 2 unspecified atom stereocenters. The van der Waals surface area contributed by atoms with Crippen molar-refractivity contribution < 1.29 is 0 Å². The SMILES string of the molecule is NC1CCC(NCCN2CCSCC2)C1. The molecule has 0 bridgehead atoms. The highest BCUT2D eigenvalue weighted by atomic mass is 32.2. The van der Waals surface area contributed by atoms with Crippen LogP contribution in [0.1, 0.15) is 19.3 Å². The molecule has 2 aliphatic rings. The van der Waals surface area contributed by atoms with Gasteiger partial charge in [-0.05, 0) is 19.3 Å². The highest BCUT2D eigenvalue weighted by Crippen LogP contribution is 2.16. The average Bonchev–Trinajstić information content (AvgIpc) is 2.66. The topological polar surface area (TPSA) is 41.3 Å². The molecule has 0 radical (unpaired) electrons. The van der Waals surface area contributed by atoms with Crippen LogP contribution in [0.2, 0.25) is 0 Å². The van der Waals surface area contributed by atoms with Crippen LogP contribution in [0.5, 0.6) is 0 Å². The Hall–Kier alpha value is 0.230. The summed E-state index contributed by atoms with van der Waals surface area (Å²) in [5, 5.41) is 3.63. The van der Waals surface area contributed by atoms with E-state index in [-0.39, 0.29) is 0 Å². The number of hydrogen-bond acceptors (Lipinski definition) is 4. The molecular weight excluding hydrogens is 206 g/mol. The zero-order valence-electron chi connectivity index (χ0n) is 9.45. The fourth-order valence-corrected chi connectivity index (χ4v) is 3.43. The van der Waals surface area contributed by atoms with Gasteiger partial charge in [0.25, 0.3) is 0 Å². The first kappa shape index (κ1) is 11.7. The predicted molar refractivity (Wildman–Crippen MR) is 67.4 cm³/mol. The Bertz CT molecular complexity index is 178. The van der Waals surface area contributed by atoms with Crippen LogP contribution in [0.4, 0.5) is 0 Å². The molecule has 2 atom stereocenters. The summed E-state index contributed by atoms with van der Waals surface area (Å²) in [6.45, 7) is 4.90. The maximum absolute atomic E-state index is 5.89. The molecule has 2 rings (SSSR count). The third-order valence-corrected chi connectivity index (χ3v) is 4.38. The number of hydrogen-bond donors (Lipinski definition) is 2. The molecule has 2 fully saturated rings. The molecule has 3 nitrogen and oxygen atoms in total. The van der Waals surface area contributed by atoms with E-state index in [1.54, 1.807) is 0 Å². The Morgan fingerprint density at radius 2 is 2.07 bits per heavy atom. The van der Waals surface area contributed by atoms with Gasteiger partial charge in [-0.1, -0.05) is 0 Å². The molecule has 4 heteroatoms. The van der Waals surface area contributed by atoms with Crippen molar-refractivity contribution in [2.75, 3.05) is 37.7 Å². The van der Waals surface area contributed by atoms with Crippen LogP contribution < -0.4 is 11.1 Å². The molecule has 0 amide bonds. The summed E-state index contributed by atoms with van der Waals surface area (Å²) >= 11 is 2.08. The Balaban J connectivity index is 1.54. The maximum Gasteiger partial charge on any atom is 0.0108 e. The first-order chi connectivity index (χ1) is 7.34. The lowest BCUT2D eigenvalue weighted by Gasteiger charge is -2.26. The molecule has 15 heavy (non-hydrogen) atoms. The van der Waals surface area contributed by atoms with Gasteiger partial charge in [-0.3, -0.25) is 0 Å². The Kier molecular flexibility index (Phi) is 4.75. The number of nitrogens with two attached hydrogens (primary N) is 1. The fourth-order valence-electron chi connectivity index (χ4n) is 2.45. The van der Waals surface area contributed by atoms with E-state index in [0.717, 1.165) is 6.54 Å². The molecular formula is C11H23N3S. The predicted octanol–water partition coefficient (Wildman–Crippen LogP) is 0.505. The van der Waals surface area contributed by atoms with E-state index in [4.69, 9.17) is 5.73 Å². The van der Waals surface area contributed by atoms with Crippen molar-refractivity contribution in [3.05, 3.63) is 0 Å².